The summed E-state index contributed by atoms with van der Waals surface area (Å²) < 4.78 is 1.11. The molecule has 1 fully saturated rings. The molecule has 0 aliphatic carbocycles. The number of hydrogen-bond donors (Lipinski definition) is 0. The van der Waals surface area contributed by atoms with E-state index in [2.05, 4.69) is 78.6 Å². The number of benzene rings is 2. The molecule has 0 N–H and O–H groups in total. The van der Waals surface area contributed by atoms with Crippen molar-refractivity contribution in [1.82, 2.24) is 0 Å². The van der Waals surface area contributed by atoms with Gasteiger partial charge >= 0.3 is 0 Å². The molecule has 0 amide bonds. The predicted octanol–water partition coefficient (Wildman–Crippen LogP) is 1.76. The minimum atomic E-state index is 0. The number of hydrogen-bond acceptors (Lipinski definition) is 0. The van der Waals surface area contributed by atoms with Gasteiger partial charge < -0.3 is 21.5 Å². The minimum absolute atomic E-state index is 0. The largest absolute Gasteiger partial charge is 1.00 e. The molecule has 2 heteroatoms. The Morgan fingerprint density at radius 3 is 2.16 bits per heavy atom. The third-order valence-electron chi connectivity index (χ3n) is 4.79. The van der Waals surface area contributed by atoms with Gasteiger partial charge in [-0.15, -0.1) is 0 Å². The van der Waals surface area contributed by atoms with Crippen molar-refractivity contribution in [3.8, 4) is 11.8 Å². The van der Waals surface area contributed by atoms with Gasteiger partial charge in [0.15, 0.2) is 0 Å². The van der Waals surface area contributed by atoms with Crippen LogP contribution < -0.4 is 17.0 Å². The van der Waals surface area contributed by atoms with E-state index in [1.54, 1.807) is 0 Å². The molecule has 25 heavy (non-hydrogen) atoms. The molecule has 0 unspecified atom stereocenters. The Hall–Kier alpha value is -1.82. The quantitative estimate of drug-likeness (QED) is 0.546. The van der Waals surface area contributed by atoms with Crippen LogP contribution in [0.1, 0.15) is 30.4 Å². The normalized spacial score (nSPS) is 15.8. The zero-order valence-corrected chi connectivity index (χ0v) is 16.3. The Balaban J connectivity index is 0.00000225. The SMILES string of the molecule is C(#Cc1ccccc1)C[N+]1(CC=Cc2ccccc2)CCCCC1.[Br-]. The lowest BCUT2D eigenvalue weighted by Crippen LogP contribution is -3.00. The first-order chi connectivity index (χ1) is 11.9. The molecule has 0 radical (unpaired) electrons. The zero-order chi connectivity index (χ0) is 16.5. The zero-order valence-electron chi connectivity index (χ0n) is 14.7. The van der Waals surface area contributed by atoms with E-state index in [9.17, 15) is 0 Å². The van der Waals surface area contributed by atoms with Gasteiger partial charge in [0.05, 0.1) is 19.6 Å². The van der Waals surface area contributed by atoms with Crippen LogP contribution in [0.25, 0.3) is 6.08 Å². The van der Waals surface area contributed by atoms with Crippen molar-refractivity contribution in [1.29, 1.82) is 0 Å². The van der Waals surface area contributed by atoms with Crippen molar-refractivity contribution in [2.45, 2.75) is 19.3 Å². The highest BCUT2D eigenvalue weighted by atomic mass is 79.9. The molecule has 130 valence electrons. The molecule has 1 saturated heterocycles. The molecule has 0 aromatic heterocycles. The molecule has 0 spiro atoms. The molecule has 1 aliphatic heterocycles. The summed E-state index contributed by atoms with van der Waals surface area (Å²) in [6.07, 6.45) is 8.61. The number of nitrogens with zero attached hydrogens (tertiary/aromatic N) is 1. The minimum Gasteiger partial charge on any atom is -1.00 e. The van der Waals surface area contributed by atoms with Crippen molar-refractivity contribution in [3.05, 3.63) is 77.9 Å². The van der Waals surface area contributed by atoms with E-state index in [4.69, 9.17) is 0 Å². The van der Waals surface area contributed by atoms with Gasteiger partial charge in [0, 0.05) is 5.56 Å². The van der Waals surface area contributed by atoms with Gasteiger partial charge in [-0.25, -0.2) is 0 Å². The molecular weight excluding hydrogens is 370 g/mol. The summed E-state index contributed by atoms with van der Waals surface area (Å²) in [6.45, 7) is 4.54. The fourth-order valence-electron chi connectivity index (χ4n) is 3.40. The highest BCUT2D eigenvalue weighted by molar-refractivity contribution is 5.48. The van der Waals surface area contributed by atoms with Crippen LogP contribution in [0, 0.1) is 11.8 Å². The molecule has 2 aromatic carbocycles. The third kappa shape index (κ3) is 6.20. The topological polar surface area (TPSA) is 0 Å². The first kappa shape index (κ1) is 19.5. The summed E-state index contributed by atoms with van der Waals surface area (Å²) in [4.78, 5) is 0. The Bertz CT molecular complexity index is 704. The Morgan fingerprint density at radius 2 is 1.48 bits per heavy atom. The van der Waals surface area contributed by atoms with Crippen LogP contribution in [0.3, 0.4) is 0 Å². The second-order valence-corrected chi connectivity index (χ2v) is 6.67. The predicted molar refractivity (Wildman–Crippen MR) is 102 cm³/mol. The van der Waals surface area contributed by atoms with Crippen LogP contribution in [0.15, 0.2) is 66.7 Å². The second-order valence-electron chi connectivity index (χ2n) is 6.67. The highest BCUT2D eigenvalue weighted by Crippen LogP contribution is 2.19. The number of halogens is 1. The molecule has 0 saturated carbocycles. The average Bonchev–Trinajstić information content (AvgIpc) is 2.64. The monoisotopic (exact) mass is 395 g/mol. The van der Waals surface area contributed by atoms with Crippen molar-refractivity contribution in [3.63, 3.8) is 0 Å². The van der Waals surface area contributed by atoms with Crippen molar-refractivity contribution in [2.75, 3.05) is 26.2 Å². The molecule has 0 bridgehead atoms. The van der Waals surface area contributed by atoms with E-state index in [1.165, 1.54) is 37.9 Å². The number of piperidine rings is 1. The van der Waals surface area contributed by atoms with Gasteiger partial charge in [0.2, 0.25) is 0 Å². The standard InChI is InChI=1S/C23H26N.BrH/c1-4-12-22(13-5-1)16-10-20-24(18-8-3-9-19-24)21-11-17-23-14-6-2-7-15-23;/h1-2,4-7,10,12-16H,3,8-9,18-21H2;1H/q+1;/p-1. The van der Waals surface area contributed by atoms with Gasteiger partial charge in [-0.3, -0.25) is 0 Å². The van der Waals surface area contributed by atoms with E-state index < -0.39 is 0 Å². The fraction of sp³-hybridized carbons (Fsp3) is 0.304. The molecule has 1 aliphatic rings. The van der Waals surface area contributed by atoms with E-state index in [0.29, 0.717) is 0 Å². The van der Waals surface area contributed by atoms with Crippen LogP contribution in [-0.2, 0) is 0 Å². The van der Waals surface area contributed by atoms with Gasteiger partial charge in [-0.1, -0.05) is 60.5 Å². The lowest BCUT2D eigenvalue weighted by Gasteiger charge is -2.39. The summed E-state index contributed by atoms with van der Waals surface area (Å²) in [6, 6.07) is 20.9. The number of quaternary nitrogens is 1. The van der Waals surface area contributed by atoms with E-state index >= 15 is 0 Å². The summed E-state index contributed by atoms with van der Waals surface area (Å²) in [5, 5.41) is 0. The summed E-state index contributed by atoms with van der Waals surface area (Å²) in [7, 11) is 0. The molecule has 1 heterocycles. The van der Waals surface area contributed by atoms with Crippen molar-refractivity contribution >= 4 is 6.08 Å². The van der Waals surface area contributed by atoms with Crippen LogP contribution in [-0.4, -0.2) is 30.7 Å². The van der Waals surface area contributed by atoms with E-state index in [0.717, 1.165) is 23.1 Å². The van der Waals surface area contributed by atoms with Crippen LogP contribution in [0.5, 0.6) is 0 Å². The molecule has 2 aromatic rings. The number of rotatable bonds is 4. The third-order valence-corrected chi connectivity index (χ3v) is 4.79. The maximum Gasteiger partial charge on any atom is 0.141 e. The average molecular weight is 396 g/mol. The smallest absolute Gasteiger partial charge is 0.141 e. The molecular formula is C23H26BrN. The van der Waals surface area contributed by atoms with Crippen LogP contribution in [0.4, 0.5) is 0 Å². The van der Waals surface area contributed by atoms with Crippen molar-refractivity contribution in [2.24, 2.45) is 0 Å². The lowest BCUT2D eigenvalue weighted by molar-refractivity contribution is -0.920. The van der Waals surface area contributed by atoms with E-state index in [1.807, 2.05) is 6.07 Å². The van der Waals surface area contributed by atoms with Gasteiger partial charge in [-0.05, 0) is 49.0 Å². The lowest BCUT2D eigenvalue weighted by atomic mass is 10.1. The van der Waals surface area contributed by atoms with Gasteiger partial charge in [-0.2, -0.15) is 0 Å². The maximum absolute atomic E-state index is 3.45. The van der Waals surface area contributed by atoms with E-state index in [-0.39, 0.29) is 17.0 Å². The highest BCUT2D eigenvalue weighted by Gasteiger charge is 2.27. The summed E-state index contributed by atoms with van der Waals surface area (Å²) in [5.41, 5.74) is 2.40. The Morgan fingerprint density at radius 1 is 0.840 bits per heavy atom. The van der Waals surface area contributed by atoms with Gasteiger partial charge in [0.1, 0.15) is 6.54 Å². The van der Waals surface area contributed by atoms with Crippen LogP contribution in [0.2, 0.25) is 0 Å². The van der Waals surface area contributed by atoms with Crippen LogP contribution >= 0.6 is 0 Å². The fourth-order valence-corrected chi connectivity index (χ4v) is 3.40. The summed E-state index contributed by atoms with van der Waals surface area (Å²) >= 11 is 0. The maximum atomic E-state index is 3.45. The first-order valence-electron chi connectivity index (χ1n) is 8.97. The summed E-state index contributed by atoms with van der Waals surface area (Å²) in [5.74, 6) is 6.78. The van der Waals surface area contributed by atoms with Gasteiger partial charge in [0.25, 0.3) is 0 Å². The molecule has 1 nitrogen and oxygen atoms in total. The number of likely N-dealkylation sites (tertiary alicyclic amines) is 1. The molecule has 3 rings (SSSR count). The molecule has 0 atom stereocenters. The second kappa shape index (κ2) is 10.2. The Kier molecular flexibility index (Phi) is 7.98. The van der Waals surface area contributed by atoms with Crippen molar-refractivity contribution < 1.29 is 21.5 Å². The first-order valence-corrected chi connectivity index (χ1v) is 8.97. The Labute approximate surface area is 162 Å².